The number of nitro groups is 1. The molecule has 156 valence electrons. The monoisotopic (exact) mass is 419 g/mol. The molecule has 0 bridgehead atoms. The van der Waals surface area contributed by atoms with Crippen LogP contribution in [0.2, 0.25) is 0 Å². The van der Waals surface area contributed by atoms with E-state index in [0.717, 1.165) is 11.8 Å². The molecule has 31 heavy (non-hydrogen) atoms. The lowest BCUT2D eigenvalue weighted by Crippen LogP contribution is -2.37. The minimum absolute atomic E-state index is 0.0868. The van der Waals surface area contributed by atoms with E-state index in [4.69, 9.17) is 0 Å². The van der Waals surface area contributed by atoms with Crippen LogP contribution in [0, 0.1) is 24.0 Å². The number of amides is 3. The van der Waals surface area contributed by atoms with Crippen molar-refractivity contribution in [3.8, 4) is 5.69 Å². The molecule has 3 aromatic rings. The van der Waals surface area contributed by atoms with Crippen LogP contribution < -0.4 is 5.32 Å². The lowest BCUT2D eigenvalue weighted by atomic mass is 10.1. The number of nitro benzene ring substituents is 1. The molecule has 3 amide bonds. The van der Waals surface area contributed by atoms with Gasteiger partial charge in [0.05, 0.1) is 33.2 Å². The Morgan fingerprint density at radius 1 is 1.06 bits per heavy atom. The van der Waals surface area contributed by atoms with E-state index in [9.17, 15) is 24.5 Å². The van der Waals surface area contributed by atoms with Crippen molar-refractivity contribution >= 4 is 29.1 Å². The number of carbonyl (C=O) groups is 3. The highest BCUT2D eigenvalue weighted by Crippen LogP contribution is 2.31. The second-order valence-electron chi connectivity index (χ2n) is 6.99. The quantitative estimate of drug-likeness (QED) is 0.385. The van der Waals surface area contributed by atoms with Gasteiger partial charge in [0.1, 0.15) is 12.1 Å². The van der Waals surface area contributed by atoms with Gasteiger partial charge in [-0.15, -0.1) is 0 Å². The number of imide groups is 1. The molecule has 0 radical (unpaired) electrons. The van der Waals surface area contributed by atoms with Crippen LogP contribution in [-0.4, -0.2) is 43.9 Å². The fraction of sp³-hybridized carbons (Fsp3) is 0.143. The van der Waals surface area contributed by atoms with Crippen molar-refractivity contribution in [1.82, 2.24) is 14.7 Å². The maximum absolute atomic E-state index is 12.7. The SMILES string of the molecule is Cc1nn(-c2ccccc2)c(C)c1NC(=O)CN1C(=O)c2cccc([N+](=O)[O-])c2C1=O. The van der Waals surface area contributed by atoms with Gasteiger partial charge in [0.15, 0.2) is 0 Å². The number of hydrogen-bond donors (Lipinski definition) is 1. The molecule has 1 aliphatic heterocycles. The van der Waals surface area contributed by atoms with Crippen molar-refractivity contribution in [2.75, 3.05) is 11.9 Å². The lowest BCUT2D eigenvalue weighted by molar-refractivity contribution is -0.385. The van der Waals surface area contributed by atoms with Gasteiger partial charge in [-0.2, -0.15) is 5.10 Å². The van der Waals surface area contributed by atoms with Crippen molar-refractivity contribution in [2.45, 2.75) is 13.8 Å². The third-order valence-electron chi connectivity index (χ3n) is 5.03. The van der Waals surface area contributed by atoms with E-state index in [1.54, 1.807) is 18.5 Å². The first-order valence-electron chi connectivity index (χ1n) is 9.34. The largest absolute Gasteiger partial charge is 0.321 e. The van der Waals surface area contributed by atoms with Crippen LogP contribution >= 0.6 is 0 Å². The predicted molar refractivity (Wildman–Crippen MR) is 110 cm³/mol. The highest BCUT2D eigenvalue weighted by atomic mass is 16.6. The van der Waals surface area contributed by atoms with Gasteiger partial charge >= 0.3 is 0 Å². The Kier molecular flexibility index (Phi) is 4.82. The van der Waals surface area contributed by atoms with Crippen LogP contribution in [0.1, 0.15) is 32.1 Å². The summed E-state index contributed by atoms with van der Waals surface area (Å²) in [6.45, 7) is 2.94. The van der Waals surface area contributed by atoms with Crippen LogP contribution in [0.4, 0.5) is 11.4 Å². The second-order valence-corrected chi connectivity index (χ2v) is 6.99. The second kappa shape index (κ2) is 7.48. The van der Waals surface area contributed by atoms with E-state index in [-0.39, 0.29) is 11.1 Å². The lowest BCUT2D eigenvalue weighted by Gasteiger charge is -2.14. The Bertz CT molecular complexity index is 1250. The molecule has 0 atom stereocenters. The van der Waals surface area contributed by atoms with Crippen molar-refractivity contribution < 1.29 is 19.3 Å². The zero-order valence-electron chi connectivity index (χ0n) is 16.7. The van der Waals surface area contributed by atoms with Crippen molar-refractivity contribution in [2.24, 2.45) is 0 Å². The van der Waals surface area contributed by atoms with E-state index in [1.807, 2.05) is 30.3 Å². The molecule has 2 heterocycles. The molecule has 0 unspecified atom stereocenters. The van der Waals surface area contributed by atoms with Crippen LogP contribution in [-0.2, 0) is 4.79 Å². The number of carbonyl (C=O) groups excluding carboxylic acids is 3. The fourth-order valence-corrected chi connectivity index (χ4v) is 3.58. The van der Waals surface area contributed by atoms with Gasteiger partial charge < -0.3 is 5.32 Å². The number of rotatable bonds is 5. The molecule has 1 aliphatic rings. The highest BCUT2D eigenvalue weighted by molar-refractivity contribution is 6.24. The van der Waals surface area contributed by atoms with E-state index < -0.39 is 34.9 Å². The minimum atomic E-state index is -0.865. The average Bonchev–Trinajstić information content (AvgIpc) is 3.17. The number of para-hydroxylation sites is 1. The molecule has 1 aromatic heterocycles. The summed E-state index contributed by atoms with van der Waals surface area (Å²) in [5, 5.41) is 18.3. The van der Waals surface area contributed by atoms with Gasteiger partial charge in [0.25, 0.3) is 17.5 Å². The molecule has 1 N–H and O–H groups in total. The Morgan fingerprint density at radius 3 is 2.45 bits per heavy atom. The molecule has 10 heteroatoms. The number of fused-ring (bicyclic) bond motifs is 1. The predicted octanol–water partition coefficient (Wildman–Crippen LogP) is 2.63. The van der Waals surface area contributed by atoms with E-state index in [1.165, 1.54) is 12.1 Å². The summed E-state index contributed by atoms with van der Waals surface area (Å²) in [6.07, 6.45) is 0. The Morgan fingerprint density at radius 2 is 1.77 bits per heavy atom. The van der Waals surface area contributed by atoms with Crippen molar-refractivity contribution in [1.29, 1.82) is 0 Å². The number of nitrogens with one attached hydrogen (secondary N) is 1. The number of benzene rings is 2. The molecule has 10 nitrogen and oxygen atoms in total. The summed E-state index contributed by atoms with van der Waals surface area (Å²) >= 11 is 0. The molecule has 4 rings (SSSR count). The first-order valence-corrected chi connectivity index (χ1v) is 9.34. The van der Waals surface area contributed by atoms with Crippen LogP contribution in [0.15, 0.2) is 48.5 Å². The summed E-state index contributed by atoms with van der Waals surface area (Å²) in [7, 11) is 0. The molecule has 0 fully saturated rings. The number of hydrogen-bond acceptors (Lipinski definition) is 6. The molecule has 0 aliphatic carbocycles. The van der Waals surface area contributed by atoms with Gasteiger partial charge in [-0.05, 0) is 32.0 Å². The Hall–Kier alpha value is -4.34. The molecule has 0 saturated heterocycles. The number of anilines is 1. The molecular formula is C21H17N5O5. The highest BCUT2D eigenvalue weighted by Gasteiger charge is 2.41. The third kappa shape index (κ3) is 3.33. The minimum Gasteiger partial charge on any atom is -0.321 e. The summed E-state index contributed by atoms with van der Waals surface area (Å²) < 4.78 is 1.68. The summed E-state index contributed by atoms with van der Waals surface area (Å²) in [5.41, 5.74) is 1.68. The Labute approximate surface area is 176 Å². The standard InChI is InChI=1S/C21H17N5O5/c1-12-19(13(2)25(23-12)14-7-4-3-5-8-14)22-17(27)11-24-20(28)15-9-6-10-16(26(30)31)18(15)21(24)29/h3-10H,11H2,1-2H3,(H,22,27). The van der Waals surface area contributed by atoms with Gasteiger partial charge in [-0.25, -0.2) is 4.68 Å². The Balaban J connectivity index is 1.56. The zero-order chi connectivity index (χ0) is 22.3. The topological polar surface area (TPSA) is 127 Å². The van der Waals surface area contributed by atoms with Gasteiger partial charge in [-0.1, -0.05) is 24.3 Å². The van der Waals surface area contributed by atoms with Crippen molar-refractivity contribution in [3.63, 3.8) is 0 Å². The first-order chi connectivity index (χ1) is 14.8. The van der Waals surface area contributed by atoms with E-state index in [0.29, 0.717) is 22.0 Å². The fourth-order valence-electron chi connectivity index (χ4n) is 3.58. The van der Waals surface area contributed by atoms with Gasteiger partial charge in [-0.3, -0.25) is 29.4 Å². The normalized spacial score (nSPS) is 12.8. The third-order valence-corrected chi connectivity index (χ3v) is 5.03. The molecule has 0 saturated carbocycles. The average molecular weight is 419 g/mol. The van der Waals surface area contributed by atoms with E-state index >= 15 is 0 Å². The first kappa shape index (κ1) is 20.0. The summed E-state index contributed by atoms with van der Waals surface area (Å²) in [4.78, 5) is 49.1. The molecule has 0 spiro atoms. The zero-order valence-corrected chi connectivity index (χ0v) is 16.7. The smallest absolute Gasteiger partial charge is 0.282 e. The van der Waals surface area contributed by atoms with Crippen LogP contribution in [0.5, 0.6) is 0 Å². The van der Waals surface area contributed by atoms with Gasteiger partial charge in [0.2, 0.25) is 5.91 Å². The maximum atomic E-state index is 12.7. The van der Waals surface area contributed by atoms with E-state index in [2.05, 4.69) is 10.4 Å². The molecular weight excluding hydrogens is 402 g/mol. The molecule has 2 aromatic carbocycles. The number of nitrogens with zero attached hydrogens (tertiary/aromatic N) is 4. The van der Waals surface area contributed by atoms with Crippen LogP contribution in [0.3, 0.4) is 0 Å². The van der Waals surface area contributed by atoms with Gasteiger partial charge in [0, 0.05) is 6.07 Å². The number of aryl methyl sites for hydroxylation is 1. The van der Waals surface area contributed by atoms with Crippen molar-refractivity contribution in [3.05, 3.63) is 81.2 Å². The maximum Gasteiger partial charge on any atom is 0.282 e. The summed E-state index contributed by atoms with van der Waals surface area (Å²) in [6, 6.07) is 13.2. The summed E-state index contributed by atoms with van der Waals surface area (Å²) in [5.74, 6) is -2.22. The number of aromatic nitrogens is 2. The van der Waals surface area contributed by atoms with Crippen LogP contribution in [0.25, 0.3) is 5.69 Å².